The molecule has 0 atom stereocenters. The van der Waals surface area contributed by atoms with Gasteiger partial charge in [0, 0.05) is 24.0 Å². The molecule has 0 spiro atoms. The lowest BCUT2D eigenvalue weighted by atomic mass is 10.1. The molecule has 2 N–H and O–H groups in total. The van der Waals surface area contributed by atoms with Crippen molar-refractivity contribution >= 4 is 29.1 Å². The minimum atomic E-state index is -0.415. The summed E-state index contributed by atoms with van der Waals surface area (Å²) < 4.78 is 0. The van der Waals surface area contributed by atoms with Crippen molar-refractivity contribution in [3.8, 4) is 6.07 Å². The molecule has 0 bridgehead atoms. The standard InChI is InChI=1S/C21H22N4O3/c1-14-5-4-6-15(2)20(14)24-19(27)13-25(3)21(28)16-7-9-17(10-8-16)23-18(26)11-12-22/h4-10H,11,13H2,1-3H3,(H,23,26)(H,24,27). The average Bonchev–Trinajstić information content (AvgIpc) is 2.65. The van der Waals surface area contributed by atoms with E-state index in [9.17, 15) is 14.4 Å². The van der Waals surface area contributed by atoms with Gasteiger partial charge in [0.2, 0.25) is 11.8 Å². The number of benzene rings is 2. The van der Waals surface area contributed by atoms with Crippen molar-refractivity contribution in [2.24, 2.45) is 0 Å². The fourth-order valence-corrected chi connectivity index (χ4v) is 2.67. The molecule has 0 heterocycles. The number of aryl methyl sites for hydroxylation is 2. The first-order chi connectivity index (χ1) is 13.3. The number of hydrogen-bond donors (Lipinski definition) is 2. The largest absolute Gasteiger partial charge is 0.332 e. The van der Waals surface area contributed by atoms with Crippen LogP contribution in [0, 0.1) is 25.2 Å². The van der Waals surface area contributed by atoms with Gasteiger partial charge in [0.05, 0.1) is 12.6 Å². The van der Waals surface area contributed by atoms with Crippen molar-refractivity contribution in [3.63, 3.8) is 0 Å². The summed E-state index contributed by atoms with van der Waals surface area (Å²) in [5, 5.41) is 13.9. The number of nitrogens with one attached hydrogen (secondary N) is 2. The third-order valence-electron chi connectivity index (χ3n) is 4.13. The first-order valence-corrected chi connectivity index (χ1v) is 8.70. The maximum absolute atomic E-state index is 12.5. The third kappa shape index (κ3) is 5.42. The molecule has 0 fully saturated rings. The van der Waals surface area contributed by atoms with E-state index in [-0.39, 0.29) is 24.8 Å². The van der Waals surface area contributed by atoms with Crippen molar-refractivity contribution in [1.82, 2.24) is 4.90 Å². The second-order valence-electron chi connectivity index (χ2n) is 6.44. The maximum atomic E-state index is 12.5. The van der Waals surface area contributed by atoms with Gasteiger partial charge >= 0.3 is 0 Å². The summed E-state index contributed by atoms with van der Waals surface area (Å²) in [5.41, 5.74) is 3.55. The van der Waals surface area contributed by atoms with E-state index >= 15 is 0 Å². The molecule has 3 amide bonds. The molecule has 2 rings (SSSR count). The van der Waals surface area contributed by atoms with Crippen LogP contribution in [0.2, 0.25) is 0 Å². The van der Waals surface area contributed by atoms with Crippen LogP contribution in [0.15, 0.2) is 42.5 Å². The second-order valence-corrected chi connectivity index (χ2v) is 6.44. The lowest BCUT2D eigenvalue weighted by Crippen LogP contribution is -2.35. The van der Waals surface area contributed by atoms with Gasteiger partial charge in [-0.2, -0.15) is 5.26 Å². The fraction of sp³-hybridized carbons (Fsp3) is 0.238. The van der Waals surface area contributed by atoms with Crippen molar-refractivity contribution in [3.05, 3.63) is 59.2 Å². The molecule has 0 saturated heterocycles. The lowest BCUT2D eigenvalue weighted by Gasteiger charge is -2.18. The van der Waals surface area contributed by atoms with Crippen molar-refractivity contribution in [2.45, 2.75) is 20.3 Å². The summed E-state index contributed by atoms with van der Waals surface area (Å²) in [6.07, 6.45) is -0.237. The molecule has 0 radical (unpaired) electrons. The van der Waals surface area contributed by atoms with Gasteiger partial charge in [0.25, 0.3) is 5.91 Å². The second kappa shape index (κ2) is 9.33. The van der Waals surface area contributed by atoms with Gasteiger partial charge in [0.15, 0.2) is 0 Å². The van der Waals surface area contributed by atoms with Crippen LogP contribution in [0.1, 0.15) is 27.9 Å². The van der Waals surface area contributed by atoms with Crippen LogP contribution in [0.25, 0.3) is 0 Å². The number of anilines is 2. The van der Waals surface area contributed by atoms with Gasteiger partial charge in [-0.3, -0.25) is 14.4 Å². The van der Waals surface area contributed by atoms with Crippen molar-refractivity contribution in [2.75, 3.05) is 24.2 Å². The Labute approximate surface area is 164 Å². The highest BCUT2D eigenvalue weighted by molar-refractivity contribution is 6.00. The molecular weight excluding hydrogens is 356 g/mol. The van der Waals surface area contributed by atoms with Crippen LogP contribution in [0.5, 0.6) is 0 Å². The van der Waals surface area contributed by atoms with Gasteiger partial charge in [-0.1, -0.05) is 18.2 Å². The highest BCUT2D eigenvalue weighted by atomic mass is 16.2. The topological polar surface area (TPSA) is 102 Å². The lowest BCUT2D eigenvalue weighted by molar-refractivity contribution is -0.117. The number of carbonyl (C=O) groups excluding carboxylic acids is 3. The molecule has 28 heavy (non-hydrogen) atoms. The highest BCUT2D eigenvalue weighted by Gasteiger charge is 2.16. The zero-order valence-corrected chi connectivity index (χ0v) is 16.1. The Kier molecular flexibility index (Phi) is 6.88. The smallest absolute Gasteiger partial charge is 0.254 e. The molecular formula is C21H22N4O3. The molecule has 0 aliphatic heterocycles. The number of nitrogens with zero attached hydrogens (tertiary/aromatic N) is 2. The number of rotatable bonds is 6. The summed E-state index contributed by atoms with van der Waals surface area (Å²) in [5.74, 6) is -1.01. The van der Waals surface area contributed by atoms with E-state index in [1.54, 1.807) is 37.4 Å². The average molecular weight is 378 g/mol. The Balaban J connectivity index is 1.97. The van der Waals surface area contributed by atoms with Crippen LogP contribution in [0.4, 0.5) is 11.4 Å². The predicted molar refractivity (Wildman–Crippen MR) is 107 cm³/mol. The molecule has 0 aliphatic carbocycles. The molecule has 0 aromatic heterocycles. The Hall–Kier alpha value is -3.66. The minimum Gasteiger partial charge on any atom is -0.332 e. The maximum Gasteiger partial charge on any atom is 0.254 e. The number of likely N-dealkylation sites (N-methyl/N-ethyl adjacent to an activating group) is 1. The highest BCUT2D eigenvalue weighted by Crippen LogP contribution is 2.19. The molecule has 2 aromatic rings. The SMILES string of the molecule is Cc1cccc(C)c1NC(=O)CN(C)C(=O)c1ccc(NC(=O)CC#N)cc1. The van der Waals surface area contributed by atoms with E-state index in [2.05, 4.69) is 10.6 Å². The number of carbonyl (C=O) groups is 3. The van der Waals surface area contributed by atoms with Crippen LogP contribution in [0.3, 0.4) is 0 Å². The number of hydrogen-bond acceptors (Lipinski definition) is 4. The first kappa shape index (κ1) is 20.6. The Morgan fingerprint density at radius 3 is 2.14 bits per heavy atom. The number of nitriles is 1. The van der Waals surface area contributed by atoms with Gasteiger partial charge < -0.3 is 15.5 Å². The Bertz CT molecular complexity index is 909. The summed E-state index contributed by atoms with van der Waals surface area (Å²) in [7, 11) is 1.55. The summed E-state index contributed by atoms with van der Waals surface area (Å²) in [6.45, 7) is 3.73. The third-order valence-corrected chi connectivity index (χ3v) is 4.13. The normalized spacial score (nSPS) is 9.93. The molecule has 0 unspecified atom stereocenters. The van der Waals surface area contributed by atoms with E-state index in [1.807, 2.05) is 32.0 Å². The van der Waals surface area contributed by atoms with E-state index < -0.39 is 5.91 Å². The summed E-state index contributed by atoms with van der Waals surface area (Å²) >= 11 is 0. The quantitative estimate of drug-likeness (QED) is 0.807. The van der Waals surface area contributed by atoms with Crippen LogP contribution in [-0.2, 0) is 9.59 Å². The molecule has 2 aromatic carbocycles. The summed E-state index contributed by atoms with van der Waals surface area (Å²) in [6, 6.07) is 13.8. The Morgan fingerprint density at radius 2 is 1.57 bits per heavy atom. The number of para-hydroxylation sites is 1. The van der Waals surface area contributed by atoms with Gasteiger partial charge in [-0.15, -0.1) is 0 Å². The van der Waals surface area contributed by atoms with Crippen molar-refractivity contribution < 1.29 is 14.4 Å². The summed E-state index contributed by atoms with van der Waals surface area (Å²) in [4.78, 5) is 37.6. The monoisotopic (exact) mass is 378 g/mol. The first-order valence-electron chi connectivity index (χ1n) is 8.70. The molecule has 0 saturated carbocycles. The van der Waals surface area contributed by atoms with Gasteiger partial charge in [0.1, 0.15) is 6.42 Å². The molecule has 144 valence electrons. The van der Waals surface area contributed by atoms with Crippen LogP contribution in [-0.4, -0.2) is 36.2 Å². The van der Waals surface area contributed by atoms with E-state index in [4.69, 9.17) is 5.26 Å². The Morgan fingerprint density at radius 1 is 0.964 bits per heavy atom. The van der Waals surface area contributed by atoms with Crippen LogP contribution >= 0.6 is 0 Å². The molecule has 0 aliphatic rings. The van der Waals surface area contributed by atoms with Gasteiger partial charge in [-0.25, -0.2) is 0 Å². The van der Waals surface area contributed by atoms with Crippen LogP contribution < -0.4 is 10.6 Å². The van der Waals surface area contributed by atoms with Crippen molar-refractivity contribution in [1.29, 1.82) is 5.26 Å². The number of amides is 3. The van der Waals surface area contributed by atoms with E-state index in [1.165, 1.54) is 4.90 Å². The predicted octanol–water partition coefficient (Wildman–Crippen LogP) is 2.87. The minimum absolute atomic E-state index is 0.0900. The zero-order chi connectivity index (χ0) is 20.7. The van der Waals surface area contributed by atoms with E-state index in [0.29, 0.717) is 11.3 Å². The molecule has 7 heteroatoms. The van der Waals surface area contributed by atoms with E-state index in [0.717, 1.165) is 16.8 Å². The van der Waals surface area contributed by atoms with Gasteiger partial charge in [-0.05, 0) is 49.2 Å². The zero-order valence-electron chi connectivity index (χ0n) is 16.1. The molecule has 7 nitrogen and oxygen atoms in total. The fourth-order valence-electron chi connectivity index (χ4n) is 2.67.